The van der Waals surface area contributed by atoms with Gasteiger partial charge in [-0.25, -0.2) is 4.98 Å². The van der Waals surface area contributed by atoms with Gasteiger partial charge in [0.2, 0.25) is 0 Å². The smallest absolute Gasteiger partial charge is 0.197 e. The molecule has 0 unspecified atom stereocenters. The zero-order chi connectivity index (χ0) is 12.5. The van der Waals surface area contributed by atoms with Crippen LogP contribution in [0.5, 0.6) is 0 Å². The Morgan fingerprint density at radius 2 is 1.88 bits per heavy atom. The minimum atomic E-state index is 0.455. The van der Waals surface area contributed by atoms with E-state index in [2.05, 4.69) is 32.7 Å². The number of hydrogen-bond acceptors (Lipinski definition) is 2. The minimum Gasteiger partial charge on any atom is -0.445 e. The summed E-state index contributed by atoms with van der Waals surface area (Å²) in [6.07, 6.45) is 7.96. The van der Waals surface area contributed by atoms with Crippen molar-refractivity contribution < 1.29 is 4.42 Å². The van der Waals surface area contributed by atoms with Gasteiger partial charge >= 0.3 is 0 Å². The first-order chi connectivity index (χ1) is 8.00. The molecule has 0 bridgehead atoms. The van der Waals surface area contributed by atoms with Crippen LogP contribution in [-0.2, 0) is 6.42 Å². The summed E-state index contributed by atoms with van der Waals surface area (Å²) in [5, 5.41) is 0. The third-order valence-corrected chi connectivity index (χ3v) is 4.22. The molecule has 1 aliphatic carbocycles. The molecule has 1 aliphatic rings. The van der Waals surface area contributed by atoms with E-state index in [9.17, 15) is 0 Å². The van der Waals surface area contributed by atoms with E-state index in [1.54, 1.807) is 0 Å². The molecular formula is C15H25NO. The monoisotopic (exact) mass is 235 g/mol. The van der Waals surface area contributed by atoms with Crippen LogP contribution >= 0.6 is 0 Å². The van der Waals surface area contributed by atoms with Crippen molar-refractivity contribution >= 4 is 0 Å². The van der Waals surface area contributed by atoms with Crippen molar-refractivity contribution in [1.29, 1.82) is 0 Å². The second-order valence-corrected chi connectivity index (χ2v) is 6.43. The molecule has 1 aromatic heterocycles. The highest BCUT2D eigenvalue weighted by atomic mass is 16.4. The Morgan fingerprint density at radius 1 is 1.24 bits per heavy atom. The summed E-state index contributed by atoms with van der Waals surface area (Å²) in [5.41, 5.74) is 0.455. The van der Waals surface area contributed by atoms with Crippen molar-refractivity contribution in [3.63, 3.8) is 0 Å². The van der Waals surface area contributed by atoms with Crippen molar-refractivity contribution in [2.45, 2.75) is 65.7 Å². The van der Waals surface area contributed by atoms with Crippen LogP contribution in [0.1, 0.15) is 70.9 Å². The van der Waals surface area contributed by atoms with Gasteiger partial charge in [-0.2, -0.15) is 0 Å². The van der Waals surface area contributed by atoms with Crippen LogP contribution in [0, 0.1) is 11.3 Å². The fraction of sp³-hybridized carbons (Fsp3) is 0.800. The van der Waals surface area contributed by atoms with Gasteiger partial charge in [0.25, 0.3) is 0 Å². The van der Waals surface area contributed by atoms with Gasteiger partial charge in [0.05, 0.1) is 6.20 Å². The molecule has 2 heteroatoms. The number of aromatic nitrogens is 1. The third-order valence-electron chi connectivity index (χ3n) is 4.22. The number of aryl methyl sites for hydroxylation is 1. The lowest BCUT2D eigenvalue weighted by Gasteiger charge is -2.36. The predicted octanol–water partition coefficient (Wildman–Crippen LogP) is 4.56. The second-order valence-electron chi connectivity index (χ2n) is 6.43. The quantitative estimate of drug-likeness (QED) is 0.751. The molecular weight excluding hydrogens is 210 g/mol. The zero-order valence-electron chi connectivity index (χ0n) is 11.6. The minimum absolute atomic E-state index is 0.455. The molecule has 2 nitrogen and oxygen atoms in total. The normalized spacial score (nSPS) is 26.1. The van der Waals surface area contributed by atoms with E-state index in [0.29, 0.717) is 11.3 Å². The van der Waals surface area contributed by atoms with Gasteiger partial charge in [0.1, 0.15) is 5.76 Å². The Balaban J connectivity index is 1.95. The van der Waals surface area contributed by atoms with Gasteiger partial charge in [-0.05, 0) is 37.0 Å². The first-order valence-corrected chi connectivity index (χ1v) is 6.95. The number of hydrogen-bond donors (Lipinski definition) is 0. The Bertz CT molecular complexity index is 353. The lowest BCUT2D eigenvalue weighted by Crippen LogP contribution is -2.25. The maximum Gasteiger partial charge on any atom is 0.197 e. The molecule has 1 aromatic rings. The van der Waals surface area contributed by atoms with E-state index in [1.165, 1.54) is 25.7 Å². The van der Waals surface area contributed by atoms with Crippen molar-refractivity contribution in [1.82, 2.24) is 4.98 Å². The highest BCUT2D eigenvalue weighted by molar-refractivity contribution is 5.00. The van der Waals surface area contributed by atoms with Crippen LogP contribution in [0.15, 0.2) is 10.6 Å². The Kier molecular flexibility index (Phi) is 3.60. The average Bonchev–Trinajstić information content (AvgIpc) is 2.76. The lowest BCUT2D eigenvalue weighted by molar-refractivity contribution is 0.161. The molecule has 0 aliphatic heterocycles. The molecule has 0 atom stereocenters. The first kappa shape index (κ1) is 12.7. The summed E-state index contributed by atoms with van der Waals surface area (Å²) >= 11 is 0. The van der Waals surface area contributed by atoms with E-state index in [1.807, 2.05) is 6.20 Å². The van der Waals surface area contributed by atoms with Crippen LogP contribution in [-0.4, -0.2) is 4.98 Å². The molecule has 1 fully saturated rings. The van der Waals surface area contributed by atoms with Gasteiger partial charge in [0, 0.05) is 12.3 Å². The maximum atomic E-state index is 5.78. The molecule has 17 heavy (non-hydrogen) atoms. The van der Waals surface area contributed by atoms with Gasteiger partial charge in [-0.1, -0.05) is 27.7 Å². The fourth-order valence-corrected chi connectivity index (χ4v) is 2.88. The second kappa shape index (κ2) is 4.83. The third kappa shape index (κ3) is 2.91. The number of rotatable bonds is 2. The van der Waals surface area contributed by atoms with Crippen LogP contribution in [0.25, 0.3) is 0 Å². The van der Waals surface area contributed by atoms with Gasteiger partial charge < -0.3 is 4.42 Å². The Hall–Kier alpha value is -0.790. The Morgan fingerprint density at radius 3 is 2.35 bits per heavy atom. The SMILES string of the molecule is CCc1cnc([C@H]2CC[C@H](C(C)(C)C)CC2)o1. The molecule has 96 valence electrons. The van der Waals surface area contributed by atoms with E-state index >= 15 is 0 Å². The van der Waals surface area contributed by atoms with E-state index < -0.39 is 0 Å². The van der Waals surface area contributed by atoms with Crippen molar-refractivity contribution in [3.8, 4) is 0 Å². The van der Waals surface area contributed by atoms with Crippen molar-refractivity contribution in [2.24, 2.45) is 11.3 Å². The molecule has 1 heterocycles. The van der Waals surface area contributed by atoms with Crippen molar-refractivity contribution in [2.75, 3.05) is 0 Å². The Labute approximate surface area is 105 Å². The van der Waals surface area contributed by atoms with Gasteiger partial charge in [-0.15, -0.1) is 0 Å². The molecule has 0 saturated heterocycles. The summed E-state index contributed by atoms with van der Waals surface area (Å²) < 4.78 is 5.78. The molecule has 2 rings (SSSR count). The van der Waals surface area contributed by atoms with E-state index in [-0.39, 0.29) is 0 Å². The van der Waals surface area contributed by atoms with Crippen LogP contribution in [0.2, 0.25) is 0 Å². The average molecular weight is 235 g/mol. The summed E-state index contributed by atoms with van der Waals surface area (Å²) in [6, 6.07) is 0. The van der Waals surface area contributed by atoms with Crippen LogP contribution < -0.4 is 0 Å². The molecule has 1 saturated carbocycles. The zero-order valence-corrected chi connectivity index (χ0v) is 11.6. The number of oxazole rings is 1. The summed E-state index contributed by atoms with van der Waals surface area (Å²) in [6.45, 7) is 9.19. The summed E-state index contributed by atoms with van der Waals surface area (Å²) in [5.74, 6) is 3.43. The predicted molar refractivity (Wildman–Crippen MR) is 70.0 cm³/mol. The van der Waals surface area contributed by atoms with Crippen LogP contribution in [0.3, 0.4) is 0 Å². The summed E-state index contributed by atoms with van der Waals surface area (Å²) in [7, 11) is 0. The molecule has 0 aromatic carbocycles. The molecule has 0 N–H and O–H groups in total. The largest absolute Gasteiger partial charge is 0.445 e. The van der Waals surface area contributed by atoms with Gasteiger partial charge in [0.15, 0.2) is 5.89 Å². The molecule has 0 amide bonds. The lowest BCUT2D eigenvalue weighted by atomic mass is 9.70. The number of nitrogens with zero attached hydrogens (tertiary/aromatic N) is 1. The highest BCUT2D eigenvalue weighted by Crippen LogP contribution is 2.42. The van der Waals surface area contributed by atoms with Crippen molar-refractivity contribution in [3.05, 3.63) is 17.8 Å². The molecule has 0 spiro atoms. The first-order valence-electron chi connectivity index (χ1n) is 6.95. The van der Waals surface area contributed by atoms with Gasteiger partial charge in [-0.3, -0.25) is 0 Å². The molecule has 0 radical (unpaired) electrons. The fourth-order valence-electron chi connectivity index (χ4n) is 2.88. The standard InChI is InChI=1S/C15H25NO/c1-5-13-10-16-14(17-13)11-6-8-12(9-7-11)15(2,3)4/h10-12H,5-9H2,1-4H3/t11-,12-. The maximum absolute atomic E-state index is 5.78. The van der Waals surface area contributed by atoms with E-state index in [0.717, 1.165) is 24.0 Å². The summed E-state index contributed by atoms with van der Waals surface area (Å²) in [4.78, 5) is 4.43. The van der Waals surface area contributed by atoms with Crippen LogP contribution in [0.4, 0.5) is 0 Å². The van der Waals surface area contributed by atoms with E-state index in [4.69, 9.17) is 4.42 Å². The topological polar surface area (TPSA) is 26.0 Å². The highest BCUT2D eigenvalue weighted by Gasteiger charge is 2.31.